The van der Waals surface area contributed by atoms with Crippen molar-refractivity contribution in [2.45, 2.75) is 44.6 Å². The molecular formula is C16H24N4. The number of nitrogens with zero attached hydrogens (tertiary/aromatic N) is 3. The monoisotopic (exact) mass is 272 g/mol. The van der Waals surface area contributed by atoms with Gasteiger partial charge < -0.3 is 5.73 Å². The van der Waals surface area contributed by atoms with Gasteiger partial charge >= 0.3 is 0 Å². The number of nitrogens with two attached hydrogens (primary N) is 1. The van der Waals surface area contributed by atoms with Gasteiger partial charge in [0.15, 0.2) is 0 Å². The van der Waals surface area contributed by atoms with E-state index in [-0.39, 0.29) is 11.5 Å². The van der Waals surface area contributed by atoms with Crippen molar-refractivity contribution in [3.63, 3.8) is 0 Å². The van der Waals surface area contributed by atoms with Crippen molar-refractivity contribution in [3.8, 4) is 0 Å². The van der Waals surface area contributed by atoms with Crippen molar-refractivity contribution >= 4 is 0 Å². The van der Waals surface area contributed by atoms with Crippen molar-refractivity contribution in [1.82, 2.24) is 14.8 Å². The summed E-state index contributed by atoms with van der Waals surface area (Å²) in [4.78, 5) is 4.30. The number of aryl methyl sites for hydroxylation is 1. The third-order valence-electron chi connectivity index (χ3n) is 4.53. The molecule has 0 radical (unpaired) electrons. The van der Waals surface area contributed by atoms with Crippen LogP contribution in [0.2, 0.25) is 0 Å². The highest BCUT2D eigenvalue weighted by atomic mass is 15.3. The molecule has 1 aromatic carbocycles. The van der Waals surface area contributed by atoms with E-state index in [2.05, 4.69) is 48.2 Å². The second-order valence-electron chi connectivity index (χ2n) is 5.34. The molecule has 1 unspecified atom stereocenters. The van der Waals surface area contributed by atoms with Gasteiger partial charge in [-0.25, -0.2) is 4.98 Å². The van der Waals surface area contributed by atoms with Gasteiger partial charge in [0, 0.05) is 24.9 Å². The summed E-state index contributed by atoms with van der Waals surface area (Å²) in [5, 5.41) is 4.13. The third kappa shape index (κ3) is 2.61. The van der Waals surface area contributed by atoms with E-state index in [9.17, 15) is 0 Å². The standard InChI is InChI=1S/C16H24N4/c1-4-16(5-2,13-9-7-6-8-10-13)14(17)11-15-18-12-19-20(15)3/h6-10,12,14H,4-5,11,17H2,1-3H3. The van der Waals surface area contributed by atoms with Crippen LogP contribution in [0.1, 0.15) is 38.1 Å². The van der Waals surface area contributed by atoms with E-state index in [0.717, 1.165) is 25.1 Å². The van der Waals surface area contributed by atoms with Crippen LogP contribution in [-0.2, 0) is 18.9 Å². The minimum atomic E-state index is -0.00674. The fourth-order valence-electron chi connectivity index (χ4n) is 3.06. The van der Waals surface area contributed by atoms with Crippen molar-refractivity contribution < 1.29 is 0 Å². The first-order chi connectivity index (χ1) is 9.64. The maximum atomic E-state index is 6.58. The van der Waals surface area contributed by atoms with Gasteiger partial charge in [-0.1, -0.05) is 44.2 Å². The summed E-state index contributed by atoms with van der Waals surface area (Å²) in [6.45, 7) is 4.43. The number of aromatic nitrogens is 3. The molecule has 0 bridgehead atoms. The Morgan fingerprint density at radius 2 is 1.85 bits per heavy atom. The molecule has 0 spiro atoms. The molecule has 0 aliphatic rings. The average Bonchev–Trinajstić information content (AvgIpc) is 2.87. The molecule has 2 aromatic rings. The Bertz CT molecular complexity index is 528. The SMILES string of the molecule is CCC(CC)(c1ccccc1)C(N)Cc1ncnn1C. The number of benzene rings is 1. The smallest absolute Gasteiger partial charge is 0.138 e. The minimum absolute atomic E-state index is 0.00674. The highest BCUT2D eigenvalue weighted by Crippen LogP contribution is 2.35. The molecule has 4 nitrogen and oxygen atoms in total. The summed E-state index contributed by atoms with van der Waals surface area (Å²) in [7, 11) is 1.91. The molecule has 2 rings (SSSR count). The summed E-state index contributed by atoms with van der Waals surface area (Å²) in [6, 6.07) is 10.6. The molecule has 1 heterocycles. The van der Waals surface area contributed by atoms with E-state index in [1.165, 1.54) is 5.56 Å². The van der Waals surface area contributed by atoms with Crippen molar-refractivity contribution in [3.05, 3.63) is 48.0 Å². The predicted molar refractivity (Wildman–Crippen MR) is 81.4 cm³/mol. The second kappa shape index (κ2) is 6.18. The van der Waals surface area contributed by atoms with Crippen LogP contribution in [-0.4, -0.2) is 20.8 Å². The summed E-state index contributed by atoms with van der Waals surface area (Å²) < 4.78 is 1.81. The molecule has 1 atom stereocenters. The van der Waals surface area contributed by atoms with Crippen LogP contribution in [0.25, 0.3) is 0 Å². The van der Waals surface area contributed by atoms with Gasteiger partial charge in [-0.05, 0) is 18.4 Å². The van der Waals surface area contributed by atoms with E-state index in [4.69, 9.17) is 5.73 Å². The largest absolute Gasteiger partial charge is 0.326 e. The maximum Gasteiger partial charge on any atom is 0.138 e. The lowest BCUT2D eigenvalue weighted by Crippen LogP contribution is -2.46. The number of hydrogen-bond acceptors (Lipinski definition) is 3. The molecule has 4 heteroatoms. The summed E-state index contributed by atoms with van der Waals surface area (Å²) in [5.41, 5.74) is 7.90. The van der Waals surface area contributed by atoms with Gasteiger partial charge in [-0.3, -0.25) is 4.68 Å². The predicted octanol–water partition coefficient (Wildman–Crippen LogP) is 2.44. The Labute approximate surface area is 121 Å². The zero-order valence-electron chi connectivity index (χ0n) is 12.6. The van der Waals surface area contributed by atoms with Crippen LogP contribution in [0.4, 0.5) is 0 Å². The van der Waals surface area contributed by atoms with Crippen LogP contribution >= 0.6 is 0 Å². The highest BCUT2D eigenvalue weighted by molar-refractivity contribution is 5.28. The first kappa shape index (κ1) is 14.7. The fraction of sp³-hybridized carbons (Fsp3) is 0.500. The quantitative estimate of drug-likeness (QED) is 0.878. The average molecular weight is 272 g/mol. The molecule has 2 N–H and O–H groups in total. The molecule has 108 valence electrons. The molecule has 0 aliphatic carbocycles. The van der Waals surface area contributed by atoms with Crippen LogP contribution in [0.15, 0.2) is 36.7 Å². The van der Waals surface area contributed by atoms with Crippen molar-refractivity contribution in [2.24, 2.45) is 12.8 Å². The van der Waals surface area contributed by atoms with E-state index >= 15 is 0 Å². The lowest BCUT2D eigenvalue weighted by Gasteiger charge is -2.38. The van der Waals surface area contributed by atoms with Gasteiger partial charge in [0.25, 0.3) is 0 Å². The Morgan fingerprint density at radius 3 is 2.35 bits per heavy atom. The third-order valence-corrected chi connectivity index (χ3v) is 4.53. The normalized spacial score (nSPS) is 13.4. The van der Waals surface area contributed by atoms with E-state index < -0.39 is 0 Å². The molecule has 1 aromatic heterocycles. The molecule has 0 saturated carbocycles. The molecular weight excluding hydrogens is 248 g/mol. The number of hydrogen-bond donors (Lipinski definition) is 1. The van der Waals surface area contributed by atoms with Crippen LogP contribution in [0.3, 0.4) is 0 Å². The lowest BCUT2D eigenvalue weighted by atomic mass is 9.69. The topological polar surface area (TPSA) is 56.7 Å². The molecule has 0 saturated heterocycles. The highest BCUT2D eigenvalue weighted by Gasteiger charge is 2.35. The Balaban J connectivity index is 2.30. The first-order valence-corrected chi connectivity index (χ1v) is 7.28. The van der Waals surface area contributed by atoms with Gasteiger partial charge in [0.2, 0.25) is 0 Å². The molecule has 20 heavy (non-hydrogen) atoms. The van der Waals surface area contributed by atoms with Gasteiger partial charge in [0.1, 0.15) is 12.2 Å². The molecule has 0 amide bonds. The maximum absolute atomic E-state index is 6.58. The Kier molecular flexibility index (Phi) is 4.55. The van der Waals surface area contributed by atoms with Crippen LogP contribution in [0, 0.1) is 0 Å². The van der Waals surface area contributed by atoms with E-state index in [1.54, 1.807) is 11.0 Å². The Morgan fingerprint density at radius 1 is 1.20 bits per heavy atom. The zero-order valence-corrected chi connectivity index (χ0v) is 12.6. The summed E-state index contributed by atoms with van der Waals surface area (Å²) in [5.74, 6) is 0.944. The van der Waals surface area contributed by atoms with Crippen LogP contribution in [0.5, 0.6) is 0 Å². The summed E-state index contributed by atoms with van der Waals surface area (Å²) in [6.07, 6.45) is 4.37. The number of rotatable bonds is 6. The second-order valence-corrected chi connectivity index (χ2v) is 5.34. The van der Waals surface area contributed by atoms with E-state index in [1.807, 2.05) is 13.1 Å². The van der Waals surface area contributed by atoms with Crippen molar-refractivity contribution in [2.75, 3.05) is 0 Å². The first-order valence-electron chi connectivity index (χ1n) is 7.28. The zero-order chi connectivity index (χ0) is 14.6. The van der Waals surface area contributed by atoms with E-state index in [0.29, 0.717) is 0 Å². The summed E-state index contributed by atoms with van der Waals surface area (Å²) >= 11 is 0. The molecule has 0 aliphatic heterocycles. The lowest BCUT2D eigenvalue weighted by molar-refractivity contribution is 0.310. The van der Waals surface area contributed by atoms with Crippen molar-refractivity contribution in [1.29, 1.82) is 0 Å². The Hall–Kier alpha value is -1.68. The van der Waals surface area contributed by atoms with Gasteiger partial charge in [0.05, 0.1) is 0 Å². The fourth-order valence-corrected chi connectivity index (χ4v) is 3.06. The van der Waals surface area contributed by atoms with Gasteiger partial charge in [-0.15, -0.1) is 0 Å². The molecule has 0 fully saturated rings. The van der Waals surface area contributed by atoms with Crippen LogP contribution < -0.4 is 5.73 Å². The van der Waals surface area contributed by atoms with Gasteiger partial charge in [-0.2, -0.15) is 5.10 Å². The minimum Gasteiger partial charge on any atom is -0.326 e.